The van der Waals surface area contributed by atoms with Crippen LogP contribution in [0.25, 0.3) is 0 Å². The second kappa shape index (κ2) is 11.0. The van der Waals surface area contributed by atoms with Crippen molar-refractivity contribution < 1.29 is 33.8 Å². The lowest BCUT2D eigenvalue weighted by molar-refractivity contribution is -0.159. The Kier molecular flexibility index (Phi) is 10.1. The average molecular weight is 417 g/mol. The number of hydrogen-bond donors (Lipinski definition) is 3. The molecule has 0 aromatic carbocycles. The summed E-state index contributed by atoms with van der Waals surface area (Å²) in [6.07, 6.45) is -0.891. The van der Waals surface area contributed by atoms with E-state index in [9.17, 15) is 19.2 Å². The van der Waals surface area contributed by atoms with E-state index in [0.29, 0.717) is 6.42 Å². The molecule has 0 rings (SSSR count). The number of nitrogens with one attached hydrogen (secondary N) is 2. The van der Waals surface area contributed by atoms with Gasteiger partial charge in [-0.2, -0.15) is 0 Å². The van der Waals surface area contributed by atoms with Crippen LogP contribution in [0, 0.1) is 5.92 Å². The van der Waals surface area contributed by atoms with Crippen molar-refractivity contribution in [3.05, 3.63) is 0 Å². The first-order valence-corrected chi connectivity index (χ1v) is 9.74. The zero-order valence-corrected chi connectivity index (χ0v) is 18.8. The predicted molar refractivity (Wildman–Crippen MR) is 107 cm³/mol. The Morgan fingerprint density at radius 1 is 0.862 bits per heavy atom. The number of hydrogen-bond acceptors (Lipinski definition) is 6. The van der Waals surface area contributed by atoms with Crippen molar-refractivity contribution in [2.24, 2.45) is 5.92 Å². The van der Waals surface area contributed by atoms with E-state index < -0.39 is 47.2 Å². The minimum absolute atomic E-state index is 0.0692. The second-order valence-electron chi connectivity index (χ2n) is 9.36. The molecule has 0 fully saturated rings. The molecular weight excluding hydrogens is 380 g/mol. The van der Waals surface area contributed by atoms with Crippen LogP contribution in [0.3, 0.4) is 0 Å². The van der Waals surface area contributed by atoms with E-state index in [2.05, 4.69) is 10.6 Å². The molecule has 0 aliphatic heterocycles. The SMILES string of the molecule is CC(C)C[C@H](NC(=O)OC(C)(C)C)C(=O)N[C@H](CCC(=O)O)C(=O)OC(C)(C)C. The first-order valence-electron chi connectivity index (χ1n) is 9.74. The minimum atomic E-state index is -1.15. The van der Waals surface area contributed by atoms with Crippen LogP contribution in [0.4, 0.5) is 4.79 Å². The lowest BCUT2D eigenvalue weighted by atomic mass is 10.0. The van der Waals surface area contributed by atoms with Gasteiger partial charge in [0.1, 0.15) is 23.3 Å². The van der Waals surface area contributed by atoms with Crippen molar-refractivity contribution in [1.29, 1.82) is 0 Å². The summed E-state index contributed by atoms with van der Waals surface area (Å²) in [4.78, 5) is 48.2. The number of ether oxygens (including phenoxy) is 2. The summed E-state index contributed by atoms with van der Waals surface area (Å²) in [5, 5.41) is 14.0. The Hall–Kier alpha value is -2.32. The van der Waals surface area contributed by atoms with Gasteiger partial charge in [-0.3, -0.25) is 9.59 Å². The molecule has 0 spiro atoms. The number of alkyl carbamates (subject to hydrolysis) is 1. The van der Waals surface area contributed by atoms with E-state index in [1.165, 1.54) is 0 Å². The number of esters is 1. The number of carbonyl (C=O) groups excluding carboxylic acids is 3. The Labute approximate surface area is 172 Å². The molecule has 0 aliphatic carbocycles. The molecule has 0 unspecified atom stereocenters. The van der Waals surface area contributed by atoms with Crippen molar-refractivity contribution in [1.82, 2.24) is 10.6 Å². The molecule has 0 saturated carbocycles. The summed E-state index contributed by atoms with van der Waals surface area (Å²) >= 11 is 0. The van der Waals surface area contributed by atoms with Gasteiger partial charge in [-0.15, -0.1) is 0 Å². The highest BCUT2D eigenvalue weighted by atomic mass is 16.6. The molecule has 0 saturated heterocycles. The summed E-state index contributed by atoms with van der Waals surface area (Å²) in [5.74, 6) is -2.36. The Balaban J connectivity index is 5.33. The van der Waals surface area contributed by atoms with Crippen molar-refractivity contribution in [2.75, 3.05) is 0 Å². The van der Waals surface area contributed by atoms with E-state index >= 15 is 0 Å². The zero-order chi connectivity index (χ0) is 23.0. The number of carboxylic acids is 1. The largest absolute Gasteiger partial charge is 0.481 e. The van der Waals surface area contributed by atoms with Gasteiger partial charge in [-0.05, 0) is 60.3 Å². The highest BCUT2D eigenvalue weighted by Crippen LogP contribution is 2.13. The molecule has 9 heteroatoms. The molecule has 2 atom stereocenters. The summed E-state index contributed by atoms with van der Waals surface area (Å²) in [6.45, 7) is 13.9. The van der Waals surface area contributed by atoms with Gasteiger partial charge in [0.2, 0.25) is 5.91 Å². The molecule has 2 amide bonds. The Morgan fingerprint density at radius 2 is 1.38 bits per heavy atom. The number of carboxylic acid groups (broad SMARTS) is 1. The number of carbonyl (C=O) groups is 4. The van der Waals surface area contributed by atoms with Crippen LogP contribution >= 0.6 is 0 Å². The standard InChI is InChI=1S/C20H36N2O7/c1-12(2)11-14(22-18(27)29-20(6,7)8)16(25)21-13(9-10-15(23)24)17(26)28-19(3,4)5/h12-14H,9-11H2,1-8H3,(H,21,25)(H,22,27)(H,23,24)/t13-,14+/m1/s1. The van der Waals surface area contributed by atoms with E-state index in [1.807, 2.05) is 13.8 Å². The molecule has 0 aliphatic rings. The fraction of sp³-hybridized carbons (Fsp3) is 0.800. The van der Waals surface area contributed by atoms with Crippen LogP contribution < -0.4 is 10.6 Å². The molecule has 0 bridgehead atoms. The van der Waals surface area contributed by atoms with E-state index in [-0.39, 0.29) is 18.8 Å². The van der Waals surface area contributed by atoms with E-state index in [4.69, 9.17) is 14.6 Å². The maximum atomic E-state index is 12.8. The summed E-state index contributed by atoms with van der Waals surface area (Å²) in [6, 6.07) is -2.09. The maximum absolute atomic E-state index is 12.8. The number of aliphatic carboxylic acids is 1. The summed E-state index contributed by atoms with van der Waals surface area (Å²) in [7, 11) is 0. The second-order valence-corrected chi connectivity index (χ2v) is 9.36. The maximum Gasteiger partial charge on any atom is 0.408 e. The first kappa shape index (κ1) is 26.7. The van der Waals surface area contributed by atoms with Crippen molar-refractivity contribution in [3.63, 3.8) is 0 Å². The quantitative estimate of drug-likeness (QED) is 0.492. The molecule has 9 nitrogen and oxygen atoms in total. The average Bonchev–Trinajstić information content (AvgIpc) is 2.45. The summed E-state index contributed by atoms with van der Waals surface area (Å²) < 4.78 is 10.5. The van der Waals surface area contributed by atoms with Crippen molar-refractivity contribution in [3.8, 4) is 0 Å². The Bertz CT molecular complexity index is 589. The minimum Gasteiger partial charge on any atom is -0.481 e. The number of amides is 2. The van der Waals surface area contributed by atoms with Gasteiger partial charge in [0, 0.05) is 6.42 Å². The lowest BCUT2D eigenvalue weighted by Crippen LogP contribution is -2.53. The van der Waals surface area contributed by atoms with Crippen LogP contribution in [0.1, 0.15) is 74.7 Å². The third kappa shape index (κ3) is 13.5. The Morgan fingerprint density at radius 3 is 1.79 bits per heavy atom. The summed E-state index contributed by atoms with van der Waals surface area (Å²) in [5.41, 5.74) is -1.53. The van der Waals surface area contributed by atoms with Gasteiger partial charge < -0.3 is 25.2 Å². The van der Waals surface area contributed by atoms with Crippen LogP contribution in [0.5, 0.6) is 0 Å². The number of rotatable bonds is 9. The van der Waals surface area contributed by atoms with Crippen LogP contribution in [-0.4, -0.2) is 52.3 Å². The van der Waals surface area contributed by atoms with Crippen molar-refractivity contribution >= 4 is 23.9 Å². The third-order valence-electron chi connectivity index (χ3n) is 3.37. The van der Waals surface area contributed by atoms with E-state index in [1.54, 1.807) is 41.5 Å². The highest BCUT2D eigenvalue weighted by Gasteiger charge is 2.31. The smallest absolute Gasteiger partial charge is 0.408 e. The third-order valence-corrected chi connectivity index (χ3v) is 3.37. The van der Waals surface area contributed by atoms with Crippen LogP contribution in [0.15, 0.2) is 0 Å². The molecular formula is C20H36N2O7. The van der Waals surface area contributed by atoms with E-state index in [0.717, 1.165) is 0 Å². The topological polar surface area (TPSA) is 131 Å². The monoisotopic (exact) mass is 416 g/mol. The van der Waals surface area contributed by atoms with Gasteiger partial charge in [0.05, 0.1) is 0 Å². The highest BCUT2D eigenvalue weighted by molar-refractivity contribution is 5.90. The first-order chi connectivity index (χ1) is 13.0. The van der Waals surface area contributed by atoms with Gasteiger partial charge in [0.25, 0.3) is 0 Å². The lowest BCUT2D eigenvalue weighted by Gasteiger charge is -2.27. The fourth-order valence-corrected chi connectivity index (χ4v) is 2.31. The van der Waals surface area contributed by atoms with Gasteiger partial charge >= 0.3 is 18.0 Å². The molecule has 0 aromatic heterocycles. The van der Waals surface area contributed by atoms with Crippen molar-refractivity contribution in [2.45, 2.75) is 97.9 Å². The normalized spacial score (nSPS) is 14.0. The molecule has 29 heavy (non-hydrogen) atoms. The zero-order valence-electron chi connectivity index (χ0n) is 18.8. The van der Waals surface area contributed by atoms with Gasteiger partial charge in [0.15, 0.2) is 0 Å². The van der Waals surface area contributed by atoms with Gasteiger partial charge in [-0.1, -0.05) is 13.8 Å². The molecule has 168 valence electrons. The molecule has 0 aromatic rings. The molecule has 3 N–H and O–H groups in total. The molecule has 0 radical (unpaired) electrons. The van der Waals surface area contributed by atoms with Crippen LogP contribution in [-0.2, 0) is 23.9 Å². The van der Waals surface area contributed by atoms with Crippen LogP contribution in [0.2, 0.25) is 0 Å². The predicted octanol–water partition coefficient (Wildman–Crippen LogP) is 2.62. The van der Waals surface area contributed by atoms with Gasteiger partial charge in [-0.25, -0.2) is 9.59 Å². The molecule has 0 heterocycles. The fourth-order valence-electron chi connectivity index (χ4n) is 2.31.